The van der Waals surface area contributed by atoms with Crippen molar-refractivity contribution in [3.8, 4) is 0 Å². The summed E-state index contributed by atoms with van der Waals surface area (Å²) in [5, 5.41) is 3.57. The summed E-state index contributed by atoms with van der Waals surface area (Å²) in [7, 11) is -4.94. The third-order valence-corrected chi connectivity index (χ3v) is 7.17. The van der Waals surface area contributed by atoms with Gasteiger partial charge in [0, 0.05) is 31.3 Å². The molecular formula is C25H30F3N4O8P. The Morgan fingerprint density at radius 1 is 1.24 bits per heavy atom. The fourth-order valence-electron chi connectivity index (χ4n) is 3.75. The van der Waals surface area contributed by atoms with Gasteiger partial charge in [-0.3, -0.25) is 19.4 Å². The summed E-state index contributed by atoms with van der Waals surface area (Å²) in [5.41, 5.74) is -2.64. The predicted octanol–water partition coefficient (Wildman–Crippen LogP) is 4.93. The minimum atomic E-state index is -4.94. The van der Waals surface area contributed by atoms with Crippen LogP contribution in [0.5, 0.6) is 0 Å². The number of rotatable bonds is 7. The minimum absolute atomic E-state index is 0.0271. The van der Waals surface area contributed by atoms with E-state index >= 15 is 4.39 Å². The molecule has 0 spiro atoms. The number of ether oxygens (including phenoxy) is 1. The second-order valence-electron chi connectivity index (χ2n) is 9.75. The zero-order valence-electron chi connectivity index (χ0n) is 23.0. The van der Waals surface area contributed by atoms with Crippen LogP contribution < -0.4 is 14.5 Å². The first-order chi connectivity index (χ1) is 19.2. The van der Waals surface area contributed by atoms with E-state index in [2.05, 4.69) is 5.16 Å². The molecule has 2 atom stereocenters. The van der Waals surface area contributed by atoms with Crippen molar-refractivity contribution in [1.29, 1.82) is 0 Å². The van der Waals surface area contributed by atoms with Crippen LogP contribution in [0.4, 0.5) is 35.2 Å². The van der Waals surface area contributed by atoms with E-state index in [4.69, 9.17) is 13.8 Å². The van der Waals surface area contributed by atoms with Crippen LogP contribution in [0.15, 0.2) is 35.2 Å². The van der Waals surface area contributed by atoms with Crippen molar-refractivity contribution in [2.24, 2.45) is 5.41 Å². The number of anilines is 3. The van der Waals surface area contributed by atoms with E-state index in [1.807, 2.05) is 13.8 Å². The summed E-state index contributed by atoms with van der Waals surface area (Å²) in [6.07, 6.45) is 0.843. The normalized spacial score (nSPS) is 18.4. The molecule has 41 heavy (non-hydrogen) atoms. The van der Waals surface area contributed by atoms with Crippen LogP contribution in [0.2, 0.25) is 0 Å². The number of allylic oxidation sites excluding steroid dienone is 1. The van der Waals surface area contributed by atoms with Crippen LogP contribution >= 0.6 is 7.75 Å². The maximum Gasteiger partial charge on any atom is 0.490 e. The summed E-state index contributed by atoms with van der Waals surface area (Å²) in [6.45, 7) is 7.24. The third-order valence-electron chi connectivity index (χ3n) is 5.79. The van der Waals surface area contributed by atoms with E-state index in [1.54, 1.807) is 0 Å². The minimum Gasteiger partial charge on any atom is -0.442 e. The quantitative estimate of drug-likeness (QED) is 0.340. The zero-order chi connectivity index (χ0) is 30.7. The fraction of sp³-hybridized carbons (Fsp3) is 0.440. The average Bonchev–Trinajstić information content (AvgIpc) is 3.56. The Labute approximate surface area is 233 Å². The van der Waals surface area contributed by atoms with Gasteiger partial charge in [0.05, 0.1) is 24.2 Å². The second-order valence-corrected chi connectivity index (χ2v) is 11.4. The van der Waals surface area contributed by atoms with E-state index in [0.29, 0.717) is 15.6 Å². The van der Waals surface area contributed by atoms with Gasteiger partial charge < -0.3 is 18.7 Å². The molecule has 1 fully saturated rings. The standard InChI is InChI=1S/C23H24F3N4O8P.C2H6/c1-23(2,3)21(32)38-39(34,35)30(17-6-9-36-27-17)12-14-11-29(22(33)37-14)16-10-15(24)20(19(26)18(16)25)28-7-4-13(31)5-8-28;1-2/h4,6-7,9-10,14H,5,8,11-12H2,1-3H3,(H,34,35);1-2H3. The third kappa shape index (κ3) is 6.91. The molecule has 1 saturated heterocycles. The molecule has 0 saturated carbocycles. The molecule has 2 aliphatic heterocycles. The Balaban J connectivity index is 0.00000226. The second kappa shape index (κ2) is 12.4. The van der Waals surface area contributed by atoms with Gasteiger partial charge in [0.1, 0.15) is 18.1 Å². The number of aromatic nitrogens is 1. The van der Waals surface area contributed by atoms with Crippen LogP contribution in [-0.2, 0) is 23.4 Å². The molecule has 2 aromatic rings. The lowest BCUT2D eigenvalue weighted by atomic mass is 9.98. The maximum atomic E-state index is 15.1. The SMILES string of the molecule is CC.CC(C)(C)C(=O)OP(=O)(O)N(CC1CN(c2cc(F)c(N3C=CC(=O)CC3)c(F)c2F)C(=O)O1)c1ccon1. The summed E-state index contributed by atoms with van der Waals surface area (Å²) < 4.78 is 73.4. The number of carbonyl (C=O) groups excluding carboxylic acids is 3. The van der Waals surface area contributed by atoms with Gasteiger partial charge in [0.25, 0.3) is 0 Å². The predicted molar refractivity (Wildman–Crippen MR) is 141 cm³/mol. The first-order valence-electron chi connectivity index (χ1n) is 12.6. The van der Waals surface area contributed by atoms with Crippen molar-refractivity contribution < 1.29 is 50.8 Å². The van der Waals surface area contributed by atoms with Crippen LogP contribution in [0, 0.1) is 22.9 Å². The summed E-state index contributed by atoms with van der Waals surface area (Å²) in [5.74, 6) is -5.83. The number of halogens is 3. The number of nitrogens with zero attached hydrogens (tertiary/aromatic N) is 4. The van der Waals surface area contributed by atoms with E-state index in [-0.39, 0.29) is 24.6 Å². The molecule has 0 bridgehead atoms. The number of benzene rings is 1. The molecular weight excluding hydrogens is 572 g/mol. The van der Waals surface area contributed by atoms with E-state index in [1.165, 1.54) is 26.8 Å². The number of cyclic esters (lactones) is 1. The molecule has 1 amide bonds. The topological polar surface area (TPSA) is 143 Å². The monoisotopic (exact) mass is 602 g/mol. The van der Waals surface area contributed by atoms with Crippen LogP contribution in [-0.4, -0.2) is 53.6 Å². The Morgan fingerprint density at radius 2 is 1.93 bits per heavy atom. The van der Waals surface area contributed by atoms with Gasteiger partial charge in [-0.25, -0.2) is 27.2 Å². The van der Waals surface area contributed by atoms with Gasteiger partial charge in [-0.05, 0) is 26.8 Å². The summed E-state index contributed by atoms with van der Waals surface area (Å²) in [6, 6.07) is 1.80. The smallest absolute Gasteiger partial charge is 0.442 e. The molecule has 4 rings (SSSR count). The zero-order valence-corrected chi connectivity index (χ0v) is 23.9. The number of amides is 1. The summed E-state index contributed by atoms with van der Waals surface area (Å²) >= 11 is 0. The van der Waals surface area contributed by atoms with Gasteiger partial charge in [-0.15, -0.1) is 0 Å². The van der Waals surface area contributed by atoms with Crippen molar-refractivity contribution in [3.05, 3.63) is 48.1 Å². The highest BCUT2D eigenvalue weighted by atomic mass is 31.2. The van der Waals surface area contributed by atoms with E-state index < -0.39 is 73.2 Å². The molecule has 12 nitrogen and oxygen atoms in total. The van der Waals surface area contributed by atoms with Gasteiger partial charge in [0.15, 0.2) is 29.1 Å². The first kappa shape index (κ1) is 31.7. The number of ketones is 1. The molecule has 3 heterocycles. The molecule has 0 radical (unpaired) electrons. The molecule has 16 heteroatoms. The van der Waals surface area contributed by atoms with E-state index in [0.717, 1.165) is 23.4 Å². The van der Waals surface area contributed by atoms with Crippen LogP contribution in [0.25, 0.3) is 0 Å². The lowest BCUT2D eigenvalue weighted by Crippen LogP contribution is -2.35. The molecule has 2 aliphatic rings. The van der Waals surface area contributed by atoms with Crippen LogP contribution in [0.1, 0.15) is 41.0 Å². The van der Waals surface area contributed by atoms with Crippen LogP contribution in [0.3, 0.4) is 0 Å². The molecule has 224 valence electrons. The Hall–Kier alpha value is -3.84. The molecule has 2 unspecified atom stereocenters. The Bertz CT molecular complexity index is 1380. The highest BCUT2D eigenvalue weighted by Crippen LogP contribution is 2.50. The molecule has 1 aromatic carbocycles. The van der Waals surface area contributed by atoms with Crippen molar-refractivity contribution >= 4 is 42.8 Å². The summed E-state index contributed by atoms with van der Waals surface area (Å²) in [4.78, 5) is 48.5. The van der Waals surface area contributed by atoms with Gasteiger partial charge in [-0.1, -0.05) is 19.0 Å². The van der Waals surface area contributed by atoms with Gasteiger partial charge >= 0.3 is 19.8 Å². The van der Waals surface area contributed by atoms with Crippen molar-refractivity contribution in [2.45, 2.75) is 47.1 Å². The van der Waals surface area contributed by atoms with Crippen molar-refractivity contribution in [3.63, 3.8) is 0 Å². The maximum absolute atomic E-state index is 15.1. The lowest BCUT2D eigenvalue weighted by Gasteiger charge is -2.29. The number of carbonyl (C=O) groups is 3. The average molecular weight is 603 g/mol. The molecule has 1 aromatic heterocycles. The van der Waals surface area contributed by atoms with Crippen molar-refractivity contribution in [2.75, 3.05) is 34.1 Å². The Morgan fingerprint density at radius 3 is 2.49 bits per heavy atom. The largest absolute Gasteiger partial charge is 0.490 e. The fourth-order valence-corrected chi connectivity index (χ4v) is 5.09. The van der Waals surface area contributed by atoms with E-state index in [9.17, 15) is 32.6 Å². The lowest BCUT2D eigenvalue weighted by molar-refractivity contribution is -0.143. The van der Waals surface area contributed by atoms with Crippen molar-refractivity contribution in [1.82, 2.24) is 5.16 Å². The Kier molecular flexibility index (Phi) is 9.54. The highest BCUT2D eigenvalue weighted by molar-refractivity contribution is 7.55. The van der Waals surface area contributed by atoms with Gasteiger partial charge in [-0.2, -0.15) is 0 Å². The number of hydrogen-bond acceptors (Lipinski definition) is 9. The first-order valence-corrected chi connectivity index (χ1v) is 14.1. The highest BCUT2D eigenvalue weighted by Gasteiger charge is 2.44. The molecule has 0 aliphatic carbocycles. The number of hydrogen-bond donors (Lipinski definition) is 1. The molecule has 1 N–H and O–H groups in total. The van der Waals surface area contributed by atoms with Gasteiger partial charge in [0.2, 0.25) is 0 Å².